The van der Waals surface area contributed by atoms with E-state index in [1.165, 1.54) is 12.1 Å². The summed E-state index contributed by atoms with van der Waals surface area (Å²) in [5.74, 6) is -1.56. The molecule has 1 aromatic carbocycles. The molecular formula is C12H13NO5S. The number of carbonyl (C=O) groups is 2. The molecular weight excluding hydrogens is 270 g/mol. The predicted molar refractivity (Wildman–Crippen MR) is 67.5 cm³/mol. The van der Waals surface area contributed by atoms with Crippen LogP contribution in [0, 0.1) is 0 Å². The van der Waals surface area contributed by atoms with Crippen LogP contribution in [0.3, 0.4) is 0 Å². The first-order valence-electron chi connectivity index (χ1n) is 5.71. The molecule has 0 radical (unpaired) electrons. The van der Waals surface area contributed by atoms with Crippen LogP contribution in [0.4, 0.5) is 0 Å². The molecule has 1 amide bonds. The maximum Gasteiger partial charge on any atom is 0.335 e. The Labute approximate surface area is 111 Å². The van der Waals surface area contributed by atoms with E-state index >= 15 is 0 Å². The highest BCUT2D eigenvalue weighted by atomic mass is 32.2. The van der Waals surface area contributed by atoms with Gasteiger partial charge in [-0.2, -0.15) is 0 Å². The molecule has 0 unspecified atom stereocenters. The summed E-state index contributed by atoms with van der Waals surface area (Å²) < 4.78 is 20.7. The van der Waals surface area contributed by atoms with Crippen molar-refractivity contribution in [1.29, 1.82) is 0 Å². The number of carboxylic acids is 1. The third-order valence-electron chi connectivity index (χ3n) is 3.12. The number of thiol groups is 1. The Morgan fingerprint density at radius 3 is 2.53 bits per heavy atom. The second-order valence-corrected chi connectivity index (χ2v) is 5.85. The summed E-state index contributed by atoms with van der Waals surface area (Å²) in [6.45, 7) is 0.116. The van der Waals surface area contributed by atoms with Crippen molar-refractivity contribution in [3.05, 3.63) is 35.4 Å². The predicted octanol–water partition coefficient (Wildman–Crippen LogP) is 0.145. The van der Waals surface area contributed by atoms with Gasteiger partial charge in [-0.25, -0.2) is 13.2 Å². The number of carbonyl (C=O) groups excluding carboxylic acids is 1. The van der Waals surface area contributed by atoms with E-state index in [0.29, 0.717) is 18.4 Å². The van der Waals surface area contributed by atoms with Gasteiger partial charge in [-0.1, -0.05) is 12.1 Å². The molecule has 1 aliphatic rings. The van der Waals surface area contributed by atoms with Crippen LogP contribution in [0.15, 0.2) is 24.3 Å². The number of aromatic carboxylic acids is 1. The first-order chi connectivity index (χ1) is 8.95. The van der Waals surface area contributed by atoms with Gasteiger partial charge in [0.15, 0.2) is 10.7 Å². The SMILES string of the molecule is O=C(O)c1cccc(CNC(=O)C2([SH](=O)=O)CC2)c1. The van der Waals surface area contributed by atoms with Crippen molar-refractivity contribution in [3.63, 3.8) is 0 Å². The van der Waals surface area contributed by atoms with E-state index in [-0.39, 0.29) is 12.1 Å². The van der Waals surface area contributed by atoms with Crippen molar-refractivity contribution in [2.45, 2.75) is 24.1 Å². The number of nitrogens with one attached hydrogen (secondary N) is 1. The zero-order valence-corrected chi connectivity index (χ0v) is 10.9. The largest absolute Gasteiger partial charge is 0.478 e. The molecule has 0 saturated heterocycles. The number of rotatable bonds is 5. The highest BCUT2D eigenvalue weighted by Crippen LogP contribution is 2.39. The van der Waals surface area contributed by atoms with Gasteiger partial charge in [-0.15, -0.1) is 0 Å². The van der Waals surface area contributed by atoms with Gasteiger partial charge in [0.2, 0.25) is 5.91 Å². The summed E-state index contributed by atoms with van der Waals surface area (Å²) in [6, 6.07) is 6.14. The van der Waals surface area contributed by atoms with Crippen LogP contribution in [0.5, 0.6) is 0 Å². The smallest absolute Gasteiger partial charge is 0.335 e. The standard InChI is InChI=1S/C12H13NO5S/c14-10(15)9-3-1-2-8(6-9)7-13-11(16)12(4-5-12)19(17)18/h1-3,6,19H,4-5,7H2,(H,13,16)(H,14,15). The molecule has 0 aliphatic heterocycles. The molecule has 7 heteroatoms. The zero-order chi connectivity index (χ0) is 14.0. The van der Waals surface area contributed by atoms with Gasteiger partial charge >= 0.3 is 5.97 Å². The number of hydrogen-bond donors (Lipinski definition) is 3. The van der Waals surface area contributed by atoms with Crippen LogP contribution < -0.4 is 5.32 Å². The summed E-state index contributed by atoms with van der Waals surface area (Å²) in [4.78, 5) is 22.5. The molecule has 1 aromatic rings. The normalized spacial score (nSPS) is 16.1. The molecule has 0 spiro atoms. The quantitative estimate of drug-likeness (QED) is 0.668. The highest BCUT2D eigenvalue weighted by Gasteiger charge is 2.53. The fourth-order valence-electron chi connectivity index (χ4n) is 1.77. The molecule has 6 nitrogen and oxygen atoms in total. The topological polar surface area (TPSA) is 101 Å². The Morgan fingerprint density at radius 1 is 1.32 bits per heavy atom. The first-order valence-corrected chi connectivity index (χ1v) is 6.88. The molecule has 1 fully saturated rings. The number of amides is 1. The van der Waals surface area contributed by atoms with E-state index in [1.807, 2.05) is 0 Å². The van der Waals surface area contributed by atoms with Gasteiger partial charge < -0.3 is 10.4 Å². The van der Waals surface area contributed by atoms with Crippen LogP contribution in [0.25, 0.3) is 0 Å². The molecule has 0 aromatic heterocycles. The number of benzene rings is 1. The molecule has 0 atom stereocenters. The maximum absolute atomic E-state index is 11.7. The minimum Gasteiger partial charge on any atom is -0.478 e. The minimum atomic E-state index is -2.78. The lowest BCUT2D eigenvalue weighted by Gasteiger charge is -2.09. The molecule has 19 heavy (non-hydrogen) atoms. The molecule has 0 bridgehead atoms. The zero-order valence-electron chi connectivity index (χ0n) is 9.96. The monoisotopic (exact) mass is 283 g/mol. The Hall–Kier alpha value is -1.89. The van der Waals surface area contributed by atoms with Gasteiger partial charge in [0, 0.05) is 6.54 Å². The summed E-state index contributed by atoms with van der Waals surface area (Å²) in [7, 11) is -2.78. The number of carboxylic acid groups (broad SMARTS) is 1. The van der Waals surface area contributed by atoms with E-state index < -0.39 is 27.3 Å². The lowest BCUT2D eigenvalue weighted by atomic mass is 10.1. The summed E-state index contributed by atoms with van der Waals surface area (Å²) in [5.41, 5.74) is 0.743. The molecule has 2 N–H and O–H groups in total. The fraction of sp³-hybridized carbons (Fsp3) is 0.333. The van der Waals surface area contributed by atoms with E-state index in [4.69, 9.17) is 5.11 Å². The average Bonchev–Trinajstić information content (AvgIpc) is 3.17. The van der Waals surface area contributed by atoms with Gasteiger partial charge in [-0.05, 0) is 30.5 Å². The third-order valence-corrected chi connectivity index (χ3v) is 4.47. The average molecular weight is 283 g/mol. The number of hydrogen-bond acceptors (Lipinski definition) is 4. The molecule has 1 saturated carbocycles. The summed E-state index contributed by atoms with van der Waals surface area (Å²) in [5, 5.41) is 11.4. The van der Waals surface area contributed by atoms with Crippen LogP contribution in [0.1, 0.15) is 28.8 Å². The summed E-state index contributed by atoms with van der Waals surface area (Å²) in [6.07, 6.45) is 0.708. The Balaban J connectivity index is 2.02. The van der Waals surface area contributed by atoms with Crippen molar-refractivity contribution >= 4 is 22.6 Å². The van der Waals surface area contributed by atoms with E-state index in [1.54, 1.807) is 12.1 Å². The third kappa shape index (κ3) is 2.76. The van der Waals surface area contributed by atoms with Gasteiger partial charge in [-0.3, -0.25) is 4.79 Å². The van der Waals surface area contributed by atoms with Crippen LogP contribution in [0.2, 0.25) is 0 Å². The van der Waals surface area contributed by atoms with Crippen molar-refractivity contribution < 1.29 is 23.1 Å². The van der Waals surface area contributed by atoms with Gasteiger partial charge in [0.25, 0.3) is 0 Å². The molecule has 1 aliphatic carbocycles. The Kier molecular flexibility index (Phi) is 3.57. The molecule has 102 valence electrons. The fourth-order valence-corrected chi connectivity index (χ4v) is 2.49. The van der Waals surface area contributed by atoms with Crippen molar-refractivity contribution in [2.75, 3.05) is 0 Å². The van der Waals surface area contributed by atoms with Crippen molar-refractivity contribution in [2.24, 2.45) is 0 Å². The van der Waals surface area contributed by atoms with Crippen LogP contribution >= 0.6 is 0 Å². The minimum absolute atomic E-state index is 0.116. The maximum atomic E-state index is 11.7. The second-order valence-electron chi connectivity index (χ2n) is 4.48. The Morgan fingerprint density at radius 2 is 2.00 bits per heavy atom. The van der Waals surface area contributed by atoms with Crippen LogP contribution in [-0.4, -0.2) is 30.1 Å². The van der Waals surface area contributed by atoms with E-state index in [0.717, 1.165) is 0 Å². The van der Waals surface area contributed by atoms with Gasteiger partial charge in [0.1, 0.15) is 4.75 Å². The highest BCUT2D eigenvalue weighted by molar-refractivity contribution is 7.75. The van der Waals surface area contributed by atoms with E-state index in [9.17, 15) is 18.0 Å². The van der Waals surface area contributed by atoms with Crippen molar-refractivity contribution in [3.8, 4) is 0 Å². The first kappa shape index (κ1) is 13.5. The van der Waals surface area contributed by atoms with Gasteiger partial charge in [0.05, 0.1) is 5.56 Å². The summed E-state index contributed by atoms with van der Waals surface area (Å²) >= 11 is 0. The molecule has 0 heterocycles. The Bertz CT molecular complexity index is 596. The van der Waals surface area contributed by atoms with Crippen LogP contribution in [-0.2, 0) is 22.0 Å². The lowest BCUT2D eigenvalue weighted by molar-refractivity contribution is -0.121. The second kappa shape index (κ2) is 5.00. The van der Waals surface area contributed by atoms with E-state index in [2.05, 4.69) is 5.32 Å². The lowest BCUT2D eigenvalue weighted by Crippen LogP contribution is -2.36. The van der Waals surface area contributed by atoms with Crippen molar-refractivity contribution in [1.82, 2.24) is 5.32 Å². The molecule has 2 rings (SSSR count).